The van der Waals surface area contributed by atoms with Gasteiger partial charge in [-0.25, -0.2) is 0 Å². The molecule has 0 saturated heterocycles. The molecule has 0 atom stereocenters. The largest absolute Gasteiger partial charge is 0.367 e. The van der Waals surface area contributed by atoms with Crippen molar-refractivity contribution in [1.29, 1.82) is 0 Å². The molecule has 0 spiro atoms. The van der Waals surface area contributed by atoms with E-state index in [4.69, 9.17) is 11.5 Å². The van der Waals surface area contributed by atoms with Crippen LogP contribution in [0.15, 0.2) is 24.3 Å². The number of nitrogens with two attached hydrogens (primary N) is 2. The lowest BCUT2D eigenvalue weighted by molar-refractivity contribution is -0.128. The van der Waals surface area contributed by atoms with E-state index in [0.717, 1.165) is 5.56 Å². The number of primary amides is 2. The summed E-state index contributed by atoms with van der Waals surface area (Å²) < 4.78 is 0. The Hall–Kier alpha value is -2.37. The smallest absolute Gasteiger partial charge is 0.252 e. The fraction of sp³-hybridized carbons (Fsp3) is 0.357. The van der Waals surface area contributed by atoms with Crippen LogP contribution in [0, 0.1) is 0 Å². The third-order valence-corrected chi connectivity index (χ3v) is 2.86. The lowest BCUT2D eigenvalue weighted by Crippen LogP contribution is -2.52. The predicted molar refractivity (Wildman–Crippen MR) is 74.8 cm³/mol. The average Bonchev–Trinajstić information content (AvgIpc) is 2.34. The SMILES string of the molecule is CC(C)(C)c1ccc(C(=O)NC(C(N)=O)C(N)=O)cc1. The highest BCUT2D eigenvalue weighted by atomic mass is 16.2. The Morgan fingerprint density at radius 3 is 1.80 bits per heavy atom. The van der Waals surface area contributed by atoms with Crippen molar-refractivity contribution in [3.8, 4) is 0 Å². The van der Waals surface area contributed by atoms with Gasteiger partial charge in [-0.05, 0) is 23.1 Å². The van der Waals surface area contributed by atoms with Gasteiger partial charge in [-0.1, -0.05) is 32.9 Å². The predicted octanol–water partition coefficient (Wildman–Crippen LogP) is 0.0531. The monoisotopic (exact) mass is 277 g/mol. The van der Waals surface area contributed by atoms with Gasteiger partial charge in [0.2, 0.25) is 11.8 Å². The van der Waals surface area contributed by atoms with Gasteiger partial charge in [0, 0.05) is 5.56 Å². The van der Waals surface area contributed by atoms with Gasteiger partial charge < -0.3 is 16.8 Å². The van der Waals surface area contributed by atoms with Crippen molar-refractivity contribution in [2.45, 2.75) is 32.2 Å². The molecule has 0 saturated carbocycles. The first-order valence-corrected chi connectivity index (χ1v) is 6.13. The number of hydrogen-bond donors (Lipinski definition) is 3. The van der Waals surface area contributed by atoms with Crippen molar-refractivity contribution in [1.82, 2.24) is 5.32 Å². The number of hydrogen-bond acceptors (Lipinski definition) is 3. The zero-order chi connectivity index (χ0) is 15.5. The van der Waals surface area contributed by atoms with Crippen molar-refractivity contribution in [2.75, 3.05) is 0 Å². The molecule has 1 aromatic carbocycles. The molecule has 6 nitrogen and oxygen atoms in total. The van der Waals surface area contributed by atoms with Crippen LogP contribution in [0.5, 0.6) is 0 Å². The third kappa shape index (κ3) is 3.81. The van der Waals surface area contributed by atoms with Crippen LogP contribution in [0.2, 0.25) is 0 Å². The van der Waals surface area contributed by atoms with Gasteiger partial charge in [-0.15, -0.1) is 0 Å². The van der Waals surface area contributed by atoms with Crippen LogP contribution in [0.3, 0.4) is 0 Å². The quantitative estimate of drug-likeness (QED) is 0.675. The van der Waals surface area contributed by atoms with Crippen molar-refractivity contribution < 1.29 is 14.4 Å². The first kappa shape index (κ1) is 15.7. The zero-order valence-corrected chi connectivity index (χ0v) is 11.8. The maximum atomic E-state index is 11.9. The molecule has 6 heteroatoms. The second-order valence-corrected chi connectivity index (χ2v) is 5.54. The van der Waals surface area contributed by atoms with E-state index in [1.807, 2.05) is 12.1 Å². The van der Waals surface area contributed by atoms with Gasteiger partial charge in [0.05, 0.1) is 0 Å². The summed E-state index contributed by atoms with van der Waals surface area (Å²) >= 11 is 0. The molecule has 0 radical (unpaired) electrons. The van der Waals surface area contributed by atoms with Crippen LogP contribution in [-0.2, 0) is 15.0 Å². The molecule has 0 aliphatic rings. The minimum atomic E-state index is -1.51. The van der Waals surface area contributed by atoms with Crippen LogP contribution < -0.4 is 16.8 Å². The summed E-state index contributed by atoms with van der Waals surface area (Å²) in [5, 5.41) is 2.20. The Morgan fingerprint density at radius 2 is 1.45 bits per heavy atom. The Labute approximate surface area is 117 Å². The van der Waals surface area contributed by atoms with E-state index in [-0.39, 0.29) is 5.41 Å². The minimum absolute atomic E-state index is 0.0298. The Balaban J connectivity index is 2.88. The second kappa shape index (κ2) is 5.73. The van der Waals surface area contributed by atoms with Crippen molar-refractivity contribution in [3.05, 3.63) is 35.4 Å². The summed E-state index contributed by atoms with van der Waals surface area (Å²) in [6, 6.07) is 5.37. The number of rotatable bonds is 4. The lowest BCUT2D eigenvalue weighted by atomic mass is 9.86. The highest BCUT2D eigenvalue weighted by Gasteiger charge is 2.24. The van der Waals surface area contributed by atoms with E-state index >= 15 is 0 Å². The van der Waals surface area contributed by atoms with Gasteiger partial charge in [-0.2, -0.15) is 0 Å². The van der Waals surface area contributed by atoms with E-state index in [1.54, 1.807) is 12.1 Å². The number of carbonyl (C=O) groups excluding carboxylic acids is 3. The summed E-state index contributed by atoms with van der Waals surface area (Å²) in [4.78, 5) is 33.9. The number of benzene rings is 1. The molecule has 0 bridgehead atoms. The molecule has 0 heterocycles. The molecule has 1 aromatic rings. The molecule has 20 heavy (non-hydrogen) atoms. The maximum absolute atomic E-state index is 11.9. The molecule has 1 rings (SSSR count). The Morgan fingerprint density at radius 1 is 1.00 bits per heavy atom. The van der Waals surface area contributed by atoms with Gasteiger partial charge in [0.25, 0.3) is 5.91 Å². The summed E-state index contributed by atoms with van der Waals surface area (Å²) in [6.45, 7) is 6.16. The van der Waals surface area contributed by atoms with Crippen LogP contribution in [-0.4, -0.2) is 23.8 Å². The van der Waals surface area contributed by atoms with Gasteiger partial charge in [0.15, 0.2) is 6.04 Å². The number of amides is 3. The first-order valence-electron chi connectivity index (χ1n) is 6.13. The lowest BCUT2D eigenvalue weighted by Gasteiger charge is -2.19. The number of carbonyl (C=O) groups is 3. The normalized spacial score (nSPS) is 11.2. The second-order valence-electron chi connectivity index (χ2n) is 5.54. The van der Waals surface area contributed by atoms with E-state index in [9.17, 15) is 14.4 Å². The Kier molecular flexibility index (Phi) is 4.49. The fourth-order valence-corrected chi connectivity index (χ4v) is 1.62. The fourth-order valence-electron chi connectivity index (χ4n) is 1.62. The van der Waals surface area contributed by atoms with Crippen molar-refractivity contribution >= 4 is 17.7 Å². The molecule has 0 aliphatic heterocycles. The highest BCUT2D eigenvalue weighted by molar-refractivity contribution is 6.08. The molecule has 0 aromatic heterocycles. The zero-order valence-electron chi connectivity index (χ0n) is 11.8. The topological polar surface area (TPSA) is 115 Å². The standard InChI is InChI=1S/C14H19N3O3/c1-14(2,3)9-6-4-8(5-7-9)13(20)17-10(11(15)18)12(16)19/h4-7,10H,1-3H3,(H2,15,18)(H2,16,19)(H,17,20). The minimum Gasteiger partial charge on any atom is -0.367 e. The summed E-state index contributed by atoms with van der Waals surface area (Å²) in [6.07, 6.45) is 0. The van der Waals surface area contributed by atoms with Gasteiger partial charge in [-0.3, -0.25) is 14.4 Å². The summed E-state index contributed by atoms with van der Waals surface area (Å²) in [7, 11) is 0. The van der Waals surface area contributed by atoms with E-state index in [2.05, 4.69) is 26.1 Å². The summed E-state index contributed by atoms with van der Waals surface area (Å²) in [5.74, 6) is -2.55. The van der Waals surface area contributed by atoms with E-state index < -0.39 is 23.8 Å². The molecule has 5 N–H and O–H groups in total. The molecule has 0 fully saturated rings. The Bertz CT molecular complexity index is 516. The molecule has 0 aliphatic carbocycles. The first-order chi connectivity index (χ1) is 9.12. The molecule has 0 unspecified atom stereocenters. The van der Waals surface area contributed by atoms with Crippen molar-refractivity contribution in [2.24, 2.45) is 11.5 Å². The highest BCUT2D eigenvalue weighted by Crippen LogP contribution is 2.22. The summed E-state index contributed by atoms with van der Waals surface area (Å²) in [5.41, 5.74) is 11.3. The van der Waals surface area contributed by atoms with Crippen LogP contribution in [0.25, 0.3) is 0 Å². The third-order valence-electron chi connectivity index (χ3n) is 2.86. The van der Waals surface area contributed by atoms with E-state index in [1.165, 1.54) is 0 Å². The number of nitrogens with one attached hydrogen (secondary N) is 1. The van der Waals surface area contributed by atoms with E-state index in [0.29, 0.717) is 5.56 Å². The molecular weight excluding hydrogens is 258 g/mol. The molecule has 3 amide bonds. The molecular formula is C14H19N3O3. The van der Waals surface area contributed by atoms with Crippen LogP contribution in [0.4, 0.5) is 0 Å². The molecule has 108 valence electrons. The van der Waals surface area contributed by atoms with Crippen LogP contribution >= 0.6 is 0 Å². The average molecular weight is 277 g/mol. The van der Waals surface area contributed by atoms with Gasteiger partial charge >= 0.3 is 0 Å². The van der Waals surface area contributed by atoms with Crippen LogP contribution in [0.1, 0.15) is 36.7 Å². The maximum Gasteiger partial charge on any atom is 0.252 e. The van der Waals surface area contributed by atoms with Gasteiger partial charge in [0.1, 0.15) is 0 Å². The van der Waals surface area contributed by atoms with Crippen molar-refractivity contribution in [3.63, 3.8) is 0 Å².